The summed E-state index contributed by atoms with van der Waals surface area (Å²) < 4.78 is 23.2. The molecule has 0 radical (unpaired) electrons. The van der Waals surface area contributed by atoms with Crippen molar-refractivity contribution in [2.75, 3.05) is 33.1 Å². The van der Waals surface area contributed by atoms with Gasteiger partial charge in [0.05, 0.1) is 24.0 Å². The van der Waals surface area contributed by atoms with Crippen LogP contribution in [0.15, 0.2) is 18.2 Å². The van der Waals surface area contributed by atoms with E-state index in [1.165, 1.54) is 25.3 Å². The van der Waals surface area contributed by atoms with Gasteiger partial charge in [-0.25, -0.2) is 4.39 Å². The van der Waals surface area contributed by atoms with Crippen molar-refractivity contribution in [3.8, 4) is 0 Å². The largest absolute Gasteiger partial charge is 0.396 e. The maximum Gasteiger partial charge on any atom is 0.253 e. The topological polar surface area (TPSA) is 73.6 Å². The van der Waals surface area contributed by atoms with Gasteiger partial charge in [-0.1, -0.05) is 6.07 Å². The first-order valence-corrected chi connectivity index (χ1v) is 5.44. The molecular weight excluding hydrogens is 239 g/mol. The van der Waals surface area contributed by atoms with E-state index in [2.05, 4.69) is 5.32 Å². The molecule has 100 valence electrons. The van der Waals surface area contributed by atoms with Crippen LogP contribution in [0.4, 0.5) is 10.1 Å². The Kier molecular flexibility index (Phi) is 5.54. The van der Waals surface area contributed by atoms with Crippen molar-refractivity contribution < 1.29 is 18.7 Å². The zero-order valence-corrected chi connectivity index (χ0v) is 10.4. The van der Waals surface area contributed by atoms with Gasteiger partial charge in [0.25, 0.3) is 5.91 Å². The Bertz CT molecular complexity index is 412. The van der Waals surface area contributed by atoms with E-state index in [0.29, 0.717) is 6.61 Å². The van der Waals surface area contributed by atoms with Gasteiger partial charge in [0, 0.05) is 20.8 Å². The Morgan fingerprint density at radius 1 is 1.50 bits per heavy atom. The highest BCUT2D eigenvalue weighted by Crippen LogP contribution is 2.15. The van der Waals surface area contributed by atoms with E-state index in [1.54, 1.807) is 7.11 Å². The Morgan fingerprint density at radius 3 is 2.83 bits per heavy atom. The van der Waals surface area contributed by atoms with Crippen molar-refractivity contribution in [3.63, 3.8) is 0 Å². The van der Waals surface area contributed by atoms with Gasteiger partial charge in [0.15, 0.2) is 0 Å². The summed E-state index contributed by atoms with van der Waals surface area (Å²) in [6, 6.07) is 4.10. The molecule has 0 bridgehead atoms. The van der Waals surface area contributed by atoms with Crippen molar-refractivity contribution in [3.05, 3.63) is 29.6 Å². The molecule has 1 aromatic rings. The van der Waals surface area contributed by atoms with Crippen LogP contribution in [-0.4, -0.2) is 39.4 Å². The summed E-state index contributed by atoms with van der Waals surface area (Å²) in [6.45, 7) is 0.620. The number of methoxy groups -OCH3 is 2. The number of hydrogen-bond donors (Lipinski definition) is 2. The maximum atomic E-state index is 13.2. The van der Waals surface area contributed by atoms with Crippen molar-refractivity contribution in [2.24, 2.45) is 0 Å². The molecule has 1 rings (SSSR count). The first kappa shape index (κ1) is 14.4. The molecule has 0 heterocycles. The van der Waals surface area contributed by atoms with E-state index < -0.39 is 11.7 Å². The van der Waals surface area contributed by atoms with Crippen molar-refractivity contribution in [2.45, 2.75) is 6.10 Å². The van der Waals surface area contributed by atoms with Gasteiger partial charge in [-0.2, -0.15) is 0 Å². The number of amides is 1. The van der Waals surface area contributed by atoms with E-state index in [1.807, 2.05) is 0 Å². The number of hydrogen-bond acceptors (Lipinski definition) is 4. The fourth-order valence-corrected chi connectivity index (χ4v) is 1.43. The van der Waals surface area contributed by atoms with Crippen LogP contribution >= 0.6 is 0 Å². The number of nitrogen functional groups attached to an aromatic ring is 1. The number of halogens is 1. The van der Waals surface area contributed by atoms with E-state index in [-0.39, 0.29) is 23.9 Å². The maximum absolute atomic E-state index is 13.2. The first-order valence-electron chi connectivity index (χ1n) is 5.44. The molecule has 0 aromatic heterocycles. The second-order valence-electron chi connectivity index (χ2n) is 3.72. The molecule has 0 spiro atoms. The van der Waals surface area contributed by atoms with Crippen LogP contribution < -0.4 is 11.1 Å². The minimum absolute atomic E-state index is 0.113. The molecule has 5 nitrogen and oxygen atoms in total. The molecule has 18 heavy (non-hydrogen) atoms. The fourth-order valence-electron chi connectivity index (χ4n) is 1.43. The lowest BCUT2D eigenvalue weighted by Crippen LogP contribution is -2.35. The lowest BCUT2D eigenvalue weighted by Gasteiger charge is -2.15. The van der Waals surface area contributed by atoms with Crippen LogP contribution in [0.3, 0.4) is 0 Å². The summed E-state index contributed by atoms with van der Waals surface area (Å²) in [4.78, 5) is 11.8. The van der Waals surface area contributed by atoms with Crippen molar-refractivity contribution in [1.29, 1.82) is 0 Å². The zero-order valence-electron chi connectivity index (χ0n) is 10.4. The molecule has 1 atom stereocenters. The molecule has 6 heteroatoms. The van der Waals surface area contributed by atoms with Gasteiger partial charge in [-0.3, -0.25) is 4.79 Å². The highest BCUT2D eigenvalue weighted by atomic mass is 19.1. The van der Waals surface area contributed by atoms with Crippen LogP contribution in [0.1, 0.15) is 10.4 Å². The van der Waals surface area contributed by atoms with Crippen molar-refractivity contribution in [1.82, 2.24) is 5.32 Å². The number of nitrogens with two attached hydrogens (primary N) is 1. The van der Waals surface area contributed by atoms with Crippen molar-refractivity contribution >= 4 is 11.6 Å². The standard InChI is InChI=1S/C12H17FN2O3/c1-17-7-8(18-2)6-15-12(16)9-4-3-5-10(13)11(9)14/h3-5,8H,6-7,14H2,1-2H3,(H,15,16). The van der Waals surface area contributed by atoms with Gasteiger partial charge >= 0.3 is 0 Å². The number of benzene rings is 1. The predicted octanol–water partition coefficient (Wildman–Crippen LogP) is 0.799. The normalized spacial score (nSPS) is 12.2. The van der Waals surface area contributed by atoms with E-state index >= 15 is 0 Å². The first-order chi connectivity index (χ1) is 8.60. The SMILES string of the molecule is COCC(CNC(=O)c1cccc(F)c1N)OC. The quantitative estimate of drug-likeness (QED) is 0.738. The Hall–Kier alpha value is -1.66. The molecule has 1 aromatic carbocycles. The second-order valence-corrected chi connectivity index (χ2v) is 3.72. The van der Waals surface area contributed by atoms with Crippen LogP contribution in [0.5, 0.6) is 0 Å². The predicted molar refractivity (Wildman–Crippen MR) is 65.8 cm³/mol. The Labute approximate surface area is 105 Å². The van der Waals surface area contributed by atoms with Crippen LogP contribution in [0.2, 0.25) is 0 Å². The summed E-state index contributed by atoms with van der Waals surface area (Å²) >= 11 is 0. The summed E-state index contributed by atoms with van der Waals surface area (Å²) in [5.74, 6) is -1.05. The van der Waals surface area contributed by atoms with E-state index in [0.717, 1.165) is 0 Å². The monoisotopic (exact) mass is 256 g/mol. The van der Waals surface area contributed by atoms with Gasteiger partial charge < -0.3 is 20.5 Å². The number of rotatable bonds is 6. The molecule has 1 amide bonds. The summed E-state index contributed by atoms with van der Waals surface area (Å²) in [5.41, 5.74) is 5.45. The molecule has 0 aliphatic rings. The fraction of sp³-hybridized carbons (Fsp3) is 0.417. The van der Waals surface area contributed by atoms with Gasteiger partial charge in [-0.15, -0.1) is 0 Å². The third kappa shape index (κ3) is 3.68. The number of ether oxygens (including phenoxy) is 2. The average molecular weight is 256 g/mol. The van der Waals surface area contributed by atoms with E-state index in [9.17, 15) is 9.18 Å². The zero-order chi connectivity index (χ0) is 13.5. The molecule has 0 aliphatic heterocycles. The summed E-state index contributed by atoms with van der Waals surface area (Å²) in [5, 5.41) is 2.61. The lowest BCUT2D eigenvalue weighted by atomic mass is 10.1. The minimum atomic E-state index is -0.608. The number of carbonyl (C=O) groups is 1. The molecule has 0 saturated heterocycles. The molecule has 1 unspecified atom stereocenters. The minimum Gasteiger partial charge on any atom is -0.396 e. The third-order valence-corrected chi connectivity index (χ3v) is 2.47. The molecule has 0 saturated carbocycles. The second kappa shape index (κ2) is 6.93. The number of nitrogens with one attached hydrogen (secondary N) is 1. The number of anilines is 1. The smallest absolute Gasteiger partial charge is 0.253 e. The van der Waals surface area contributed by atoms with Crippen LogP contribution in [0, 0.1) is 5.82 Å². The molecular formula is C12H17FN2O3. The van der Waals surface area contributed by atoms with E-state index in [4.69, 9.17) is 15.2 Å². The molecule has 0 fully saturated rings. The lowest BCUT2D eigenvalue weighted by molar-refractivity contribution is 0.0285. The highest BCUT2D eigenvalue weighted by molar-refractivity contribution is 5.99. The highest BCUT2D eigenvalue weighted by Gasteiger charge is 2.14. The average Bonchev–Trinajstić information content (AvgIpc) is 2.37. The summed E-state index contributed by atoms with van der Waals surface area (Å²) in [6.07, 6.45) is -0.256. The van der Waals surface area contributed by atoms with Crippen LogP contribution in [-0.2, 0) is 9.47 Å². The summed E-state index contributed by atoms with van der Waals surface area (Å²) in [7, 11) is 3.06. The number of carbonyl (C=O) groups excluding carboxylic acids is 1. The molecule has 3 N–H and O–H groups in total. The molecule has 0 aliphatic carbocycles. The van der Waals surface area contributed by atoms with Gasteiger partial charge in [0.2, 0.25) is 0 Å². The van der Waals surface area contributed by atoms with Gasteiger partial charge in [0.1, 0.15) is 5.82 Å². The Balaban J connectivity index is 2.62. The van der Waals surface area contributed by atoms with Crippen LogP contribution in [0.25, 0.3) is 0 Å². The van der Waals surface area contributed by atoms with Gasteiger partial charge in [-0.05, 0) is 12.1 Å². The number of para-hydroxylation sites is 1. The Morgan fingerprint density at radius 2 is 2.22 bits per heavy atom. The third-order valence-electron chi connectivity index (χ3n) is 2.47.